The summed E-state index contributed by atoms with van der Waals surface area (Å²) in [5.74, 6) is -2.20. The number of phenolic OH excluding ortho intramolecular Hbond substituents is 2. The number of aliphatic hydroxyl groups excluding tert-OH is 1. The number of fused-ring (bicyclic) bond motifs is 1. The number of esters is 1. The van der Waals surface area contributed by atoms with Crippen molar-refractivity contribution in [3.05, 3.63) is 54.1 Å². The molecule has 0 bridgehead atoms. The van der Waals surface area contributed by atoms with E-state index in [-0.39, 0.29) is 49.1 Å². The largest absolute Gasteiger partial charge is 0.504 e. The van der Waals surface area contributed by atoms with Crippen molar-refractivity contribution in [1.82, 2.24) is 4.31 Å². The minimum atomic E-state index is -4.14. The summed E-state index contributed by atoms with van der Waals surface area (Å²) in [5, 5.41) is 30.9. The number of hydrogen-bond acceptors (Lipinski definition) is 9. The van der Waals surface area contributed by atoms with Gasteiger partial charge in [-0.25, -0.2) is 8.42 Å². The molecule has 0 aliphatic carbocycles. The van der Waals surface area contributed by atoms with E-state index in [4.69, 9.17) is 14.2 Å². The lowest BCUT2D eigenvalue weighted by Crippen LogP contribution is -2.43. The van der Waals surface area contributed by atoms with Crippen LogP contribution in [0.3, 0.4) is 0 Å². The molecule has 3 N–H and O–H groups in total. The van der Waals surface area contributed by atoms with Gasteiger partial charge in [0.1, 0.15) is 6.10 Å². The van der Waals surface area contributed by atoms with E-state index >= 15 is 0 Å². The summed E-state index contributed by atoms with van der Waals surface area (Å²) < 4.78 is 45.0. The number of carbonyl (C=O) groups is 1. The van der Waals surface area contributed by atoms with Crippen LogP contribution in [0.25, 0.3) is 0 Å². The monoisotopic (exact) mass is 563 g/mol. The molecule has 0 saturated carbocycles. The summed E-state index contributed by atoms with van der Waals surface area (Å²) in [6, 6.07) is 12.6. The van der Waals surface area contributed by atoms with E-state index in [1.54, 1.807) is 0 Å². The molecule has 10 nitrogen and oxygen atoms in total. The molecule has 2 aliphatic rings. The van der Waals surface area contributed by atoms with E-state index in [1.165, 1.54) is 6.07 Å². The predicted molar refractivity (Wildman–Crippen MR) is 141 cm³/mol. The Labute approximate surface area is 229 Å². The summed E-state index contributed by atoms with van der Waals surface area (Å²) in [7, 11) is -4.14. The van der Waals surface area contributed by atoms with Gasteiger partial charge < -0.3 is 29.5 Å². The number of carbonyl (C=O) groups excluding carboxylic acids is 1. The minimum absolute atomic E-state index is 0.0140. The number of rotatable bonds is 12. The molecule has 2 aliphatic heterocycles. The van der Waals surface area contributed by atoms with Crippen LogP contribution < -0.4 is 0 Å². The Hall–Kier alpha value is -2.70. The normalized spacial score (nSPS) is 22.6. The quantitative estimate of drug-likeness (QED) is 0.262. The number of ether oxygens (including phenoxy) is 3. The highest BCUT2D eigenvalue weighted by Crippen LogP contribution is 2.34. The van der Waals surface area contributed by atoms with Crippen LogP contribution in [0.5, 0.6) is 11.5 Å². The van der Waals surface area contributed by atoms with Crippen molar-refractivity contribution in [1.29, 1.82) is 0 Å². The van der Waals surface area contributed by atoms with E-state index < -0.39 is 45.6 Å². The third kappa shape index (κ3) is 7.29. The molecule has 39 heavy (non-hydrogen) atoms. The zero-order valence-electron chi connectivity index (χ0n) is 22.2. The van der Waals surface area contributed by atoms with Gasteiger partial charge in [0.25, 0.3) is 0 Å². The van der Waals surface area contributed by atoms with Crippen LogP contribution in [0.1, 0.15) is 32.3 Å². The van der Waals surface area contributed by atoms with Crippen molar-refractivity contribution >= 4 is 16.0 Å². The first-order valence-corrected chi connectivity index (χ1v) is 14.7. The summed E-state index contributed by atoms with van der Waals surface area (Å²) >= 11 is 0. The molecule has 0 radical (unpaired) electrons. The molecular formula is C28H37NO9S. The standard InChI is InChI=1S/C28H37NO9S/c1-18(2)15-29(39(34,35)21-8-9-23(30)24(31)14-21)16-25(32)20(12-19-6-4-3-5-7-19)13-27(33)38-26-17-37-28-22(26)10-11-36-28/h3-9,14,18,20,22,25-26,28,30-32H,10-13,15-17H2,1-2H3/t20-,22?,25-,26?,28-/m1/s1. The van der Waals surface area contributed by atoms with Crippen LogP contribution in [0, 0.1) is 17.8 Å². The molecule has 11 heteroatoms. The number of benzene rings is 2. The van der Waals surface area contributed by atoms with Crippen LogP contribution in [-0.4, -0.2) is 78.8 Å². The Balaban J connectivity index is 1.52. The van der Waals surface area contributed by atoms with Crippen molar-refractivity contribution in [3.63, 3.8) is 0 Å². The summed E-state index contributed by atoms with van der Waals surface area (Å²) in [5.41, 5.74) is 0.893. The second-order valence-corrected chi connectivity index (χ2v) is 12.6. The first kappa shape index (κ1) is 29.3. The third-order valence-corrected chi connectivity index (χ3v) is 8.95. The van der Waals surface area contributed by atoms with Crippen LogP contribution in [-0.2, 0) is 35.4 Å². The second-order valence-electron chi connectivity index (χ2n) is 10.6. The number of hydrogen-bond donors (Lipinski definition) is 3. The van der Waals surface area contributed by atoms with E-state index in [0.717, 1.165) is 28.4 Å². The van der Waals surface area contributed by atoms with Gasteiger partial charge in [0.05, 0.1) is 36.6 Å². The van der Waals surface area contributed by atoms with E-state index in [0.29, 0.717) is 13.0 Å². The van der Waals surface area contributed by atoms with Crippen molar-refractivity contribution in [2.24, 2.45) is 17.8 Å². The fourth-order valence-electron chi connectivity index (χ4n) is 5.09. The number of aromatic hydroxyl groups is 2. The molecular weight excluding hydrogens is 526 g/mol. The van der Waals surface area contributed by atoms with E-state index in [1.807, 2.05) is 44.2 Å². The SMILES string of the molecule is CC(C)CN(C[C@@H](O)[C@@H](CC(=O)OC1CO[C@H]2OCCC12)Cc1ccccc1)S(=O)(=O)c1ccc(O)c(O)c1. The second kappa shape index (κ2) is 12.6. The molecule has 2 fully saturated rings. The summed E-state index contributed by atoms with van der Waals surface area (Å²) in [6.45, 7) is 4.35. The molecule has 4 rings (SSSR count). The maximum absolute atomic E-state index is 13.5. The highest BCUT2D eigenvalue weighted by atomic mass is 32.2. The van der Waals surface area contributed by atoms with Gasteiger partial charge in [0.15, 0.2) is 17.8 Å². The van der Waals surface area contributed by atoms with Crippen molar-refractivity contribution in [2.45, 2.75) is 56.5 Å². The number of nitrogens with zero attached hydrogens (tertiary/aromatic N) is 1. The fourth-order valence-corrected chi connectivity index (χ4v) is 6.73. The van der Waals surface area contributed by atoms with Gasteiger partial charge in [0, 0.05) is 25.1 Å². The zero-order valence-corrected chi connectivity index (χ0v) is 23.0. The van der Waals surface area contributed by atoms with Gasteiger partial charge in [-0.05, 0) is 36.5 Å². The lowest BCUT2D eigenvalue weighted by atomic mass is 9.90. The van der Waals surface area contributed by atoms with Gasteiger partial charge in [0.2, 0.25) is 10.0 Å². The number of sulfonamides is 1. The average molecular weight is 564 g/mol. The van der Waals surface area contributed by atoms with Gasteiger partial charge in [-0.2, -0.15) is 4.31 Å². The molecule has 5 atom stereocenters. The Morgan fingerprint density at radius 1 is 1.08 bits per heavy atom. The van der Waals surface area contributed by atoms with E-state index in [9.17, 15) is 28.5 Å². The van der Waals surface area contributed by atoms with Crippen molar-refractivity contribution in [2.75, 3.05) is 26.3 Å². The third-order valence-electron chi connectivity index (χ3n) is 7.13. The highest BCUT2D eigenvalue weighted by molar-refractivity contribution is 7.89. The Morgan fingerprint density at radius 3 is 2.51 bits per heavy atom. The lowest BCUT2D eigenvalue weighted by molar-refractivity contribution is -0.153. The zero-order chi connectivity index (χ0) is 28.2. The van der Waals surface area contributed by atoms with Crippen LogP contribution >= 0.6 is 0 Å². The summed E-state index contributed by atoms with van der Waals surface area (Å²) in [4.78, 5) is 12.8. The molecule has 2 aromatic rings. The predicted octanol–water partition coefficient (Wildman–Crippen LogP) is 2.66. The molecule has 0 amide bonds. The summed E-state index contributed by atoms with van der Waals surface area (Å²) in [6.07, 6.45) is -1.00. The topological polar surface area (TPSA) is 143 Å². The van der Waals surface area contributed by atoms with Gasteiger partial charge >= 0.3 is 5.97 Å². The number of aliphatic hydroxyl groups is 1. The molecule has 2 aromatic carbocycles. The lowest BCUT2D eigenvalue weighted by Gasteiger charge is -2.30. The first-order chi connectivity index (χ1) is 18.5. The van der Waals surface area contributed by atoms with Crippen LogP contribution in [0.15, 0.2) is 53.4 Å². The van der Waals surface area contributed by atoms with Crippen molar-refractivity contribution in [3.8, 4) is 11.5 Å². The first-order valence-electron chi connectivity index (χ1n) is 13.2. The maximum atomic E-state index is 13.5. The number of phenols is 2. The molecule has 2 heterocycles. The minimum Gasteiger partial charge on any atom is -0.504 e. The van der Waals surface area contributed by atoms with E-state index in [2.05, 4.69) is 0 Å². The van der Waals surface area contributed by atoms with Gasteiger partial charge in [-0.15, -0.1) is 0 Å². The highest BCUT2D eigenvalue weighted by Gasteiger charge is 2.44. The maximum Gasteiger partial charge on any atom is 0.306 e. The molecule has 214 valence electrons. The molecule has 0 aromatic heterocycles. The van der Waals surface area contributed by atoms with Gasteiger partial charge in [-0.1, -0.05) is 44.2 Å². The average Bonchev–Trinajstić information content (AvgIpc) is 3.50. The van der Waals surface area contributed by atoms with Gasteiger partial charge in [-0.3, -0.25) is 4.79 Å². The molecule has 2 saturated heterocycles. The Bertz CT molecular complexity index is 1220. The Morgan fingerprint density at radius 2 is 1.82 bits per heavy atom. The fraction of sp³-hybridized carbons (Fsp3) is 0.536. The molecule has 2 unspecified atom stereocenters. The van der Waals surface area contributed by atoms with Crippen LogP contribution in [0.4, 0.5) is 0 Å². The molecule has 0 spiro atoms. The Kier molecular flexibility index (Phi) is 9.50. The van der Waals surface area contributed by atoms with Crippen molar-refractivity contribution < 1.29 is 42.7 Å². The van der Waals surface area contributed by atoms with Crippen LogP contribution in [0.2, 0.25) is 0 Å². The smallest absolute Gasteiger partial charge is 0.306 e.